The SMILES string of the molecule is NC1CCC(OCCc2ccsc2)CC1. The van der Waals surface area contributed by atoms with Crippen molar-refractivity contribution >= 4 is 11.3 Å². The van der Waals surface area contributed by atoms with Gasteiger partial charge in [-0.1, -0.05) is 0 Å². The maximum atomic E-state index is 5.85. The zero-order valence-corrected chi connectivity index (χ0v) is 9.84. The van der Waals surface area contributed by atoms with Gasteiger partial charge in [-0.15, -0.1) is 0 Å². The highest BCUT2D eigenvalue weighted by atomic mass is 32.1. The largest absolute Gasteiger partial charge is 0.378 e. The molecule has 1 heterocycles. The minimum absolute atomic E-state index is 0.418. The van der Waals surface area contributed by atoms with Gasteiger partial charge in [0.05, 0.1) is 12.7 Å². The standard InChI is InChI=1S/C12H19NOS/c13-11-1-3-12(4-2-11)14-7-5-10-6-8-15-9-10/h6,8-9,11-12H,1-5,7,13H2. The van der Waals surface area contributed by atoms with Gasteiger partial charge in [0.1, 0.15) is 0 Å². The van der Waals surface area contributed by atoms with Crippen molar-refractivity contribution in [2.75, 3.05) is 6.61 Å². The Bertz CT molecular complexity index is 265. The maximum absolute atomic E-state index is 5.85. The van der Waals surface area contributed by atoms with Crippen LogP contribution in [0.3, 0.4) is 0 Å². The molecule has 0 radical (unpaired) electrons. The van der Waals surface area contributed by atoms with E-state index in [2.05, 4.69) is 16.8 Å². The van der Waals surface area contributed by atoms with Gasteiger partial charge in [0.2, 0.25) is 0 Å². The third kappa shape index (κ3) is 3.59. The monoisotopic (exact) mass is 225 g/mol. The predicted molar refractivity (Wildman–Crippen MR) is 64.2 cm³/mol. The van der Waals surface area contributed by atoms with E-state index in [1.807, 2.05) is 0 Å². The molecular formula is C12H19NOS. The molecule has 0 aliphatic heterocycles. The number of ether oxygens (including phenoxy) is 1. The normalized spacial score (nSPS) is 26.7. The van der Waals surface area contributed by atoms with E-state index in [9.17, 15) is 0 Å². The van der Waals surface area contributed by atoms with Gasteiger partial charge >= 0.3 is 0 Å². The summed E-state index contributed by atoms with van der Waals surface area (Å²) in [5.41, 5.74) is 7.24. The highest BCUT2D eigenvalue weighted by Crippen LogP contribution is 2.20. The van der Waals surface area contributed by atoms with E-state index >= 15 is 0 Å². The van der Waals surface area contributed by atoms with E-state index in [-0.39, 0.29) is 0 Å². The third-order valence-electron chi connectivity index (χ3n) is 3.04. The topological polar surface area (TPSA) is 35.2 Å². The summed E-state index contributed by atoms with van der Waals surface area (Å²) >= 11 is 1.75. The van der Waals surface area contributed by atoms with Crippen LogP contribution < -0.4 is 5.73 Å². The zero-order chi connectivity index (χ0) is 10.5. The fourth-order valence-electron chi connectivity index (χ4n) is 2.03. The smallest absolute Gasteiger partial charge is 0.0576 e. The maximum Gasteiger partial charge on any atom is 0.0576 e. The number of thiophene rings is 1. The number of hydrogen-bond donors (Lipinski definition) is 1. The minimum Gasteiger partial charge on any atom is -0.378 e. The molecule has 0 unspecified atom stereocenters. The van der Waals surface area contributed by atoms with Gasteiger partial charge in [-0.2, -0.15) is 11.3 Å². The highest BCUT2D eigenvalue weighted by Gasteiger charge is 2.18. The van der Waals surface area contributed by atoms with Crippen LogP contribution in [-0.2, 0) is 11.2 Å². The molecule has 1 fully saturated rings. The Hall–Kier alpha value is -0.380. The summed E-state index contributed by atoms with van der Waals surface area (Å²) in [5, 5.41) is 4.31. The van der Waals surface area contributed by atoms with Crippen LogP contribution in [-0.4, -0.2) is 18.8 Å². The molecule has 1 aliphatic carbocycles. The Kier molecular flexibility index (Phi) is 4.18. The first-order chi connectivity index (χ1) is 7.34. The Morgan fingerprint density at radius 3 is 2.80 bits per heavy atom. The first-order valence-electron chi connectivity index (χ1n) is 5.73. The Labute approximate surface area is 95.4 Å². The second kappa shape index (κ2) is 5.64. The van der Waals surface area contributed by atoms with Crippen molar-refractivity contribution < 1.29 is 4.74 Å². The van der Waals surface area contributed by atoms with E-state index in [1.165, 1.54) is 5.56 Å². The average molecular weight is 225 g/mol. The van der Waals surface area contributed by atoms with Crippen molar-refractivity contribution in [1.29, 1.82) is 0 Å². The lowest BCUT2D eigenvalue weighted by molar-refractivity contribution is 0.0270. The molecule has 0 spiro atoms. The molecular weight excluding hydrogens is 206 g/mol. The van der Waals surface area contributed by atoms with Gasteiger partial charge in [0, 0.05) is 6.04 Å². The summed E-state index contributed by atoms with van der Waals surface area (Å²) in [7, 11) is 0. The predicted octanol–water partition coefficient (Wildman–Crippen LogP) is 2.58. The first-order valence-corrected chi connectivity index (χ1v) is 6.67. The molecule has 0 bridgehead atoms. The Balaban J connectivity index is 1.62. The van der Waals surface area contributed by atoms with Gasteiger partial charge in [0.25, 0.3) is 0 Å². The van der Waals surface area contributed by atoms with Gasteiger partial charge in [-0.05, 0) is 54.5 Å². The molecule has 84 valence electrons. The highest BCUT2D eigenvalue weighted by molar-refractivity contribution is 7.07. The van der Waals surface area contributed by atoms with E-state index in [0.717, 1.165) is 38.7 Å². The van der Waals surface area contributed by atoms with Gasteiger partial charge in [-0.3, -0.25) is 0 Å². The third-order valence-corrected chi connectivity index (χ3v) is 3.78. The molecule has 1 saturated carbocycles. The van der Waals surface area contributed by atoms with E-state index < -0.39 is 0 Å². The minimum atomic E-state index is 0.418. The van der Waals surface area contributed by atoms with Crippen molar-refractivity contribution in [3.05, 3.63) is 22.4 Å². The summed E-state index contributed by atoms with van der Waals surface area (Å²) < 4.78 is 5.85. The van der Waals surface area contributed by atoms with Crippen LogP contribution in [0.15, 0.2) is 16.8 Å². The molecule has 0 saturated heterocycles. The van der Waals surface area contributed by atoms with Gasteiger partial charge in [-0.25, -0.2) is 0 Å². The van der Waals surface area contributed by atoms with Crippen LogP contribution in [0.5, 0.6) is 0 Å². The van der Waals surface area contributed by atoms with Crippen molar-refractivity contribution in [3.8, 4) is 0 Å². The summed E-state index contributed by atoms with van der Waals surface area (Å²) in [4.78, 5) is 0. The second-order valence-electron chi connectivity index (χ2n) is 4.29. The summed E-state index contributed by atoms with van der Waals surface area (Å²) in [6, 6.07) is 2.59. The van der Waals surface area contributed by atoms with Crippen molar-refractivity contribution in [2.24, 2.45) is 5.73 Å². The average Bonchev–Trinajstić information content (AvgIpc) is 2.74. The Morgan fingerprint density at radius 1 is 1.33 bits per heavy atom. The lowest BCUT2D eigenvalue weighted by Gasteiger charge is -2.26. The number of nitrogens with two attached hydrogens (primary N) is 1. The molecule has 1 aromatic heterocycles. The lowest BCUT2D eigenvalue weighted by atomic mass is 9.94. The lowest BCUT2D eigenvalue weighted by Crippen LogP contribution is -2.30. The molecule has 2 rings (SSSR count). The molecule has 15 heavy (non-hydrogen) atoms. The summed E-state index contributed by atoms with van der Waals surface area (Å²) in [5.74, 6) is 0. The molecule has 0 atom stereocenters. The molecule has 0 aromatic carbocycles. The van der Waals surface area contributed by atoms with Crippen molar-refractivity contribution in [1.82, 2.24) is 0 Å². The zero-order valence-electron chi connectivity index (χ0n) is 9.02. The quantitative estimate of drug-likeness (QED) is 0.854. The fourth-order valence-corrected chi connectivity index (χ4v) is 2.74. The first kappa shape index (κ1) is 11.1. The van der Waals surface area contributed by atoms with Crippen LogP contribution in [0, 0.1) is 0 Å². The molecule has 0 amide bonds. The number of hydrogen-bond acceptors (Lipinski definition) is 3. The summed E-state index contributed by atoms with van der Waals surface area (Å²) in [6.07, 6.45) is 6.05. The fraction of sp³-hybridized carbons (Fsp3) is 0.667. The van der Waals surface area contributed by atoms with Crippen LogP contribution >= 0.6 is 11.3 Å². The van der Waals surface area contributed by atoms with Gasteiger partial charge in [0.15, 0.2) is 0 Å². The molecule has 2 N–H and O–H groups in total. The van der Waals surface area contributed by atoms with Crippen molar-refractivity contribution in [3.63, 3.8) is 0 Å². The van der Waals surface area contributed by atoms with Gasteiger partial charge < -0.3 is 10.5 Å². The van der Waals surface area contributed by atoms with Crippen LogP contribution in [0.1, 0.15) is 31.2 Å². The van der Waals surface area contributed by atoms with E-state index in [1.54, 1.807) is 11.3 Å². The molecule has 2 nitrogen and oxygen atoms in total. The molecule has 1 aromatic rings. The number of rotatable bonds is 4. The van der Waals surface area contributed by atoms with Crippen LogP contribution in [0.2, 0.25) is 0 Å². The second-order valence-corrected chi connectivity index (χ2v) is 5.07. The Morgan fingerprint density at radius 2 is 2.13 bits per heavy atom. The van der Waals surface area contributed by atoms with E-state index in [0.29, 0.717) is 12.1 Å². The van der Waals surface area contributed by atoms with Crippen LogP contribution in [0.25, 0.3) is 0 Å². The van der Waals surface area contributed by atoms with Crippen LogP contribution in [0.4, 0.5) is 0 Å². The molecule has 1 aliphatic rings. The molecule has 3 heteroatoms. The summed E-state index contributed by atoms with van der Waals surface area (Å²) in [6.45, 7) is 0.858. The van der Waals surface area contributed by atoms with E-state index in [4.69, 9.17) is 10.5 Å². The van der Waals surface area contributed by atoms with Crippen molar-refractivity contribution in [2.45, 2.75) is 44.2 Å².